The molecule has 2 N–H and O–H groups in total. The Morgan fingerprint density at radius 1 is 1.44 bits per heavy atom. The Morgan fingerprint density at radius 2 is 2.31 bits per heavy atom. The molecule has 0 saturated carbocycles. The Kier molecular flexibility index (Phi) is 2.44. The molecule has 0 spiro atoms. The Morgan fingerprint density at radius 3 is 3.06 bits per heavy atom. The number of rotatable bonds is 1. The smallest absolute Gasteiger partial charge is 0.124 e. The number of benzene rings is 1. The second kappa shape index (κ2) is 3.82. The highest BCUT2D eigenvalue weighted by Crippen LogP contribution is 2.26. The van der Waals surface area contributed by atoms with Crippen LogP contribution in [0.15, 0.2) is 22.7 Å². The maximum absolute atomic E-state index is 13.1. The molecular formula is C11H11BrFN3. The van der Waals surface area contributed by atoms with Crippen molar-refractivity contribution in [3.63, 3.8) is 0 Å². The minimum absolute atomic E-state index is 0.0150. The summed E-state index contributed by atoms with van der Waals surface area (Å²) in [6.07, 6.45) is -0.258. The van der Waals surface area contributed by atoms with E-state index < -0.39 is 6.17 Å². The van der Waals surface area contributed by atoms with E-state index in [4.69, 9.17) is 0 Å². The van der Waals surface area contributed by atoms with Crippen LogP contribution >= 0.6 is 15.9 Å². The van der Waals surface area contributed by atoms with Crippen LogP contribution in [0.5, 0.6) is 0 Å². The number of aromatic nitrogens is 2. The molecule has 16 heavy (non-hydrogen) atoms. The van der Waals surface area contributed by atoms with Crippen molar-refractivity contribution in [2.24, 2.45) is 0 Å². The standard InChI is InChI=1S/C11H11BrFN3/c12-6-1-2-8-9(3-6)16-11(15-8)10-4-7(13)5-14-10/h1-3,7,10,14H,4-5H2,(H,15,16). The van der Waals surface area contributed by atoms with Crippen molar-refractivity contribution in [1.82, 2.24) is 15.3 Å². The lowest BCUT2D eigenvalue weighted by molar-refractivity contribution is 0.355. The molecule has 2 aromatic rings. The predicted octanol–water partition coefficient (Wildman–Crippen LogP) is 2.70. The summed E-state index contributed by atoms with van der Waals surface area (Å²) in [4.78, 5) is 7.69. The van der Waals surface area contributed by atoms with E-state index in [1.807, 2.05) is 18.2 Å². The average molecular weight is 284 g/mol. The highest BCUT2D eigenvalue weighted by Gasteiger charge is 2.26. The molecule has 2 unspecified atom stereocenters. The van der Waals surface area contributed by atoms with Crippen molar-refractivity contribution in [3.05, 3.63) is 28.5 Å². The van der Waals surface area contributed by atoms with E-state index in [1.54, 1.807) is 0 Å². The highest BCUT2D eigenvalue weighted by atomic mass is 79.9. The largest absolute Gasteiger partial charge is 0.341 e. The molecule has 1 fully saturated rings. The molecule has 3 nitrogen and oxygen atoms in total. The summed E-state index contributed by atoms with van der Waals surface area (Å²) in [5.41, 5.74) is 1.90. The van der Waals surface area contributed by atoms with E-state index in [1.165, 1.54) is 0 Å². The molecule has 0 radical (unpaired) electrons. The number of imidazole rings is 1. The molecule has 0 amide bonds. The SMILES string of the molecule is FC1CNC(c2nc3ccc(Br)cc3[nH]2)C1. The molecule has 1 aliphatic heterocycles. The van der Waals surface area contributed by atoms with Crippen LogP contribution < -0.4 is 5.32 Å². The van der Waals surface area contributed by atoms with Crippen LogP contribution in [0.3, 0.4) is 0 Å². The van der Waals surface area contributed by atoms with Gasteiger partial charge in [0.2, 0.25) is 0 Å². The van der Waals surface area contributed by atoms with Gasteiger partial charge in [-0.3, -0.25) is 0 Å². The maximum Gasteiger partial charge on any atom is 0.124 e. The van der Waals surface area contributed by atoms with Gasteiger partial charge in [0.1, 0.15) is 12.0 Å². The predicted molar refractivity (Wildman–Crippen MR) is 64.1 cm³/mol. The van der Waals surface area contributed by atoms with Crippen LogP contribution in [0.1, 0.15) is 18.3 Å². The molecule has 1 aliphatic rings. The van der Waals surface area contributed by atoms with E-state index in [0.717, 1.165) is 21.3 Å². The first-order valence-corrected chi connectivity index (χ1v) is 6.04. The monoisotopic (exact) mass is 283 g/mol. The molecule has 2 atom stereocenters. The van der Waals surface area contributed by atoms with Gasteiger partial charge in [-0.1, -0.05) is 15.9 Å². The highest BCUT2D eigenvalue weighted by molar-refractivity contribution is 9.10. The molecule has 0 aliphatic carbocycles. The van der Waals surface area contributed by atoms with E-state index in [2.05, 4.69) is 31.2 Å². The van der Waals surface area contributed by atoms with E-state index in [9.17, 15) is 4.39 Å². The molecular weight excluding hydrogens is 273 g/mol. The van der Waals surface area contributed by atoms with Gasteiger partial charge in [-0.15, -0.1) is 0 Å². The summed E-state index contributed by atoms with van der Waals surface area (Å²) in [7, 11) is 0. The van der Waals surface area contributed by atoms with Gasteiger partial charge < -0.3 is 10.3 Å². The van der Waals surface area contributed by atoms with E-state index in [0.29, 0.717) is 13.0 Å². The normalized spacial score (nSPS) is 25.4. The summed E-state index contributed by atoms with van der Waals surface area (Å²) >= 11 is 3.41. The molecule has 1 saturated heterocycles. The molecule has 3 rings (SSSR count). The molecule has 1 aromatic carbocycles. The van der Waals surface area contributed by atoms with Crippen LogP contribution in [-0.4, -0.2) is 22.7 Å². The number of H-pyrrole nitrogens is 1. The van der Waals surface area contributed by atoms with Crippen molar-refractivity contribution in [3.8, 4) is 0 Å². The average Bonchev–Trinajstić information content (AvgIpc) is 2.83. The zero-order valence-electron chi connectivity index (χ0n) is 8.50. The first-order chi connectivity index (χ1) is 7.72. The Bertz CT molecular complexity index is 525. The zero-order chi connectivity index (χ0) is 11.1. The molecule has 0 bridgehead atoms. The lowest BCUT2D eigenvalue weighted by atomic mass is 10.2. The fourth-order valence-corrected chi connectivity index (χ4v) is 2.43. The summed E-state index contributed by atoms with van der Waals surface area (Å²) in [5.74, 6) is 0.827. The van der Waals surface area contributed by atoms with Crippen molar-refractivity contribution < 1.29 is 4.39 Å². The third-order valence-electron chi connectivity index (χ3n) is 2.87. The fourth-order valence-electron chi connectivity index (χ4n) is 2.07. The Balaban J connectivity index is 1.99. The molecule has 84 valence electrons. The number of nitrogens with zero attached hydrogens (tertiary/aromatic N) is 1. The number of hydrogen-bond donors (Lipinski definition) is 2. The van der Waals surface area contributed by atoms with Crippen molar-refractivity contribution in [2.45, 2.75) is 18.6 Å². The maximum atomic E-state index is 13.1. The second-order valence-corrected chi connectivity index (χ2v) is 4.99. The van der Waals surface area contributed by atoms with Crippen LogP contribution in [-0.2, 0) is 0 Å². The van der Waals surface area contributed by atoms with Crippen LogP contribution in [0.4, 0.5) is 4.39 Å². The van der Waals surface area contributed by atoms with Gasteiger partial charge >= 0.3 is 0 Å². The fraction of sp³-hybridized carbons (Fsp3) is 0.364. The topological polar surface area (TPSA) is 40.7 Å². The van der Waals surface area contributed by atoms with Gasteiger partial charge in [0.05, 0.1) is 17.1 Å². The number of halogens is 2. The minimum atomic E-state index is -0.759. The van der Waals surface area contributed by atoms with Gasteiger partial charge in [0.25, 0.3) is 0 Å². The molecule has 1 aromatic heterocycles. The third kappa shape index (κ3) is 1.74. The van der Waals surface area contributed by atoms with E-state index >= 15 is 0 Å². The lowest BCUT2D eigenvalue weighted by Crippen LogP contribution is -2.14. The van der Waals surface area contributed by atoms with Crippen molar-refractivity contribution in [1.29, 1.82) is 0 Å². The zero-order valence-corrected chi connectivity index (χ0v) is 10.1. The number of fused-ring (bicyclic) bond motifs is 1. The number of nitrogens with one attached hydrogen (secondary N) is 2. The first-order valence-electron chi connectivity index (χ1n) is 5.25. The van der Waals surface area contributed by atoms with Crippen molar-refractivity contribution in [2.75, 3.05) is 6.54 Å². The quantitative estimate of drug-likeness (QED) is 0.845. The third-order valence-corrected chi connectivity index (χ3v) is 3.36. The summed E-state index contributed by atoms with van der Waals surface area (Å²) in [6.45, 7) is 0.422. The summed E-state index contributed by atoms with van der Waals surface area (Å²) < 4.78 is 14.1. The minimum Gasteiger partial charge on any atom is -0.341 e. The van der Waals surface area contributed by atoms with Gasteiger partial charge in [-0.25, -0.2) is 9.37 Å². The number of hydrogen-bond acceptors (Lipinski definition) is 2. The number of aromatic amines is 1. The lowest BCUT2D eigenvalue weighted by Gasteiger charge is -2.04. The molecule has 2 heterocycles. The number of alkyl halides is 1. The first kappa shape index (κ1) is 10.2. The Hall–Kier alpha value is -0.940. The van der Waals surface area contributed by atoms with Crippen LogP contribution in [0.25, 0.3) is 11.0 Å². The van der Waals surface area contributed by atoms with Crippen LogP contribution in [0.2, 0.25) is 0 Å². The summed E-state index contributed by atoms with van der Waals surface area (Å²) in [6, 6.07) is 5.89. The van der Waals surface area contributed by atoms with Gasteiger partial charge in [-0.2, -0.15) is 0 Å². The summed E-state index contributed by atoms with van der Waals surface area (Å²) in [5, 5.41) is 3.12. The van der Waals surface area contributed by atoms with E-state index in [-0.39, 0.29) is 6.04 Å². The van der Waals surface area contributed by atoms with Gasteiger partial charge in [0.15, 0.2) is 0 Å². The van der Waals surface area contributed by atoms with Crippen LogP contribution in [0, 0.1) is 0 Å². The Labute approximate surface area is 101 Å². The van der Waals surface area contributed by atoms with Crippen molar-refractivity contribution >= 4 is 27.0 Å². The second-order valence-electron chi connectivity index (χ2n) is 4.08. The molecule has 5 heteroatoms. The van der Waals surface area contributed by atoms with Gasteiger partial charge in [0, 0.05) is 17.4 Å². The van der Waals surface area contributed by atoms with Gasteiger partial charge in [-0.05, 0) is 18.2 Å².